The zero-order valence-corrected chi connectivity index (χ0v) is 18.0. The molecule has 1 N–H and O–H groups in total. The molecule has 0 saturated heterocycles. The van der Waals surface area contributed by atoms with Crippen molar-refractivity contribution in [1.29, 1.82) is 0 Å². The Morgan fingerprint density at radius 2 is 1.80 bits per heavy atom. The van der Waals surface area contributed by atoms with Crippen molar-refractivity contribution in [3.05, 3.63) is 53.1 Å². The molecule has 1 heterocycles. The summed E-state index contributed by atoms with van der Waals surface area (Å²) >= 11 is 0. The van der Waals surface area contributed by atoms with Gasteiger partial charge in [-0.2, -0.15) is 0 Å². The van der Waals surface area contributed by atoms with Crippen LogP contribution in [0.5, 0.6) is 11.5 Å². The van der Waals surface area contributed by atoms with Gasteiger partial charge in [-0.1, -0.05) is 18.2 Å². The lowest BCUT2D eigenvalue weighted by atomic mass is 9.89. The molecule has 2 aromatic rings. The van der Waals surface area contributed by atoms with Crippen LogP contribution >= 0.6 is 0 Å². The number of nitrogens with zero attached hydrogens (tertiary/aromatic N) is 1. The highest BCUT2D eigenvalue weighted by atomic mass is 32.2. The average Bonchev–Trinajstić information content (AvgIpc) is 3.18. The van der Waals surface area contributed by atoms with Gasteiger partial charge in [0.05, 0.1) is 18.0 Å². The van der Waals surface area contributed by atoms with E-state index in [1.807, 2.05) is 13.0 Å². The second-order valence-corrected chi connectivity index (χ2v) is 9.74. The zero-order chi connectivity index (χ0) is 21.3. The third-order valence-electron chi connectivity index (χ3n) is 5.58. The van der Waals surface area contributed by atoms with Crippen molar-refractivity contribution < 1.29 is 22.7 Å². The first-order valence-electron chi connectivity index (χ1n) is 10.1. The van der Waals surface area contributed by atoms with Crippen molar-refractivity contribution in [2.24, 2.45) is 0 Å². The zero-order valence-electron chi connectivity index (χ0n) is 17.2. The van der Waals surface area contributed by atoms with Crippen molar-refractivity contribution in [3.8, 4) is 11.5 Å². The van der Waals surface area contributed by atoms with E-state index in [0.29, 0.717) is 17.2 Å². The minimum Gasteiger partial charge on any atom is -0.454 e. The normalized spacial score (nSPS) is 15.9. The highest BCUT2D eigenvalue weighted by Crippen LogP contribution is 2.36. The fraction of sp³-hybridized carbons (Fsp3) is 0.409. The summed E-state index contributed by atoms with van der Waals surface area (Å²) in [7, 11) is -3.67. The molecule has 2 aromatic carbocycles. The predicted molar refractivity (Wildman–Crippen MR) is 114 cm³/mol. The Hall–Kier alpha value is -2.74. The molecule has 1 amide bonds. The van der Waals surface area contributed by atoms with Crippen LogP contribution in [-0.4, -0.2) is 33.9 Å². The Balaban J connectivity index is 1.48. The van der Waals surface area contributed by atoms with Crippen molar-refractivity contribution in [1.82, 2.24) is 5.32 Å². The molecular formula is C22H26N2O5S. The number of carbonyl (C=O) groups is 1. The molecule has 0 unspecified atom stereocenters. The summed E-state index contributed by atoms with van der Waals surface area (Å²) in [4.78, 5) is 12.7. The molecule has 4 rings (SSSR count). The molecule has 1 aliphatic carbocycles. The molecule has 30 heavy (non-hydrogen) atoms. The topological polar surface area (TPSA) is 84.9 Å². The van der Waals surface area contributed by atoms with Gasteiger partial charge in [-0.05, 0) is 61.4 Å². The molecule has 0 aromatic heterocycles. The lowest BCUT2D eigenvalue weighted by molar-refractivity contribution is -0.120. The maximum absolute atomic E-state index is 12.7. The summed E-state index contributed by atoms with van der Waals surface area (Å²) in [5, 5.41) is 2.93. The quantitative estimate of drug-likeness (QED) is 0.762. The molecule has 1 atom stereocenters. The molecule has 7 nitrogen and oxygen atoms in total. The van der Waals surface area contributed by atoms with E-state index in [-0.39, 0.29) is 25.3 Å². The summed E-state index contributed by atoms with van der Waals surface area (Å²) in [6.45, 7) is 1.69. The van der Waals surface area contributed by atoms with Gasteiger partial charge in [-0.3, -0.25) is 9.10 Å². The number of fused-ring (bicyclic) bond motifs is 2. The van der Waals surface area contributed by atoms with Gasteiger partial charge in [0.2, 0.25) is 22.7 Å². The Bertz CT molecular complexity index is 1070. The summed E-state index contributed by atoms with van der Waals surface area (Å²) in [6, 6.07) is 10.9. The van der Waals surface area contributed by atoms with Crippen LogP contribution in [-0.2, 0) is 27.7 Å². The first-order chi connectivity index (χ1) is 14.3. The second kappa shape index (κ2) is 8.18. The lowest BCUT2D eigenvalue weighted by Crippen LogP contribution is -2.41. The minimum atomic E-state index is -3.67. The number of sulfonamides is 1. The van der Waals surface area contributed by atoms with E-state index in [0.717, 1.165) is 29.0 Å². The molecule has 0 spiro atoms. The number of amides is 1. The van der Waals surface area contributed by atoms with Crippen molar-refractivity contribution in [3.63, 3.8) is 0 Å². The molecule has 1 aliphatic heterocycles. The molecule has 8 heteroatoms. The SMILES string of the molecule is C[C@@H](NC(=O)CN(c1ccc2c(c1)OCO2)S(C)(=O)=O)c1ccc2c(c1)CCCC2. The van der Waals surface area contributed by atoms with Gasteiger partial charge in [-0.15, -0.1) is 0 Å². The number of hydrogen-bond acceptors (Lipinski definition) is 5. The third kappa shape index (κ3) is 4.38. The van der Waals surface area contributed by atoms with E-state index in [2.05, 4.69) is 17.4 Å². The summed E-state index contributed by atoms with van der Waals surface area (Å²) in [6.07, 6.45) is 5.67. The molecule has 0 fully saturated rings. The van der Waals surface area contributed by atoms with Crippen molar-refractivity contribution in [2.75, 3.05) is 23.9 Å². The van der Waals surface area contributed by atoms with Crippen LogP contribution in [0.4, 0.5) is 5.69 Å². The molecule has 160 valence electrons. The van der Waals surface area contributed by atoms with Crippen LogP contribution in [0.2, 0.25) is 0 Å². The Morgan fingerprint density at radius 1 is 1.07 bits per heavy atom. The maximum Gasteiger partial charge on any atom is 0.241 e. The average molecular weight is 431 g/mol. The van der Waals surface area contributed by atoms with Crippen LogP contribution in [0.3, 0.4) is 0 Å². The first kappa shape index (κ1) is 20.5. The third-order valence-corrected chi connectivity index (χ3v) is 6.72. The smallest absolute Gasteiger partial charge is 0.241 e. The van der Waals surface area contributed by atoms with Crippen LogP contribution in [0.25, 0.3) is 0 Å². The van der Waals surface area contributed by atoms with E-state index in [9.17, 15) is 13.2 Å². The monoisotopic (exact) mass is 430 g/mol. The Kier molecular flexibility index (Phi) is 5.60. The van der Waals surface area contributed by atoms with Gasteiger partial charge in [-0.25, -0.2) is 8.42 Å². The first-order valence-corrected chi connectivity index (χ1v) is 11.9. The standard InChI is InChI=1S/C22H26N2O5S/c1-15(17-8-7-16-5-3-4-6-18(16)11-17)23-22(25)13-24(30(2,26)27)19-9-10-20-21(12-19)29-14-28-20/h7-12,15H,3-6,13-14H2,1-2H3,(H,23,25)/t15-/m1/s1. The number of anilines is 1. The highest BCUT2D eigenvalue weighted by molar-refractivity contribution is 7.92. The number of hydrogen-bond donors (Lipinski definition) is 1. The fourth-order valence-corrected chi connectivity index (χ4v) is 4.81. The van der Waals surface area contributed by atoms with Gasteiger partial charge in [0.15, 0.2) is 11.5 Å². The summed E-state index contributed by atoms with van der Waals surface area (Å²) in [5.41, 5.74) is 4.11. The van der Waals surface area contributed by atoms with E-state index in [1.165, 1.54) is 24.0 Å². The number of aryl methyl sites for hydroxylation is 2. The summed E-state index contributed by atoms with van der Waals surface area (Å²) in [5.74, 6) is 0.644. The van der Waals surface area contributed by atoms with Crippen molar-refractivity contribution >= 4 is 21.6 Å². The molecule has 0 radical (unpaired) electrons. The van der Waals surface area contributed by atoms with E-state index in [1.54, 1.807) is 18.2 Å². The number of ether oxygens (including phenoxy) is 2. The van der Waals surface area contributed by atoms with Gasteiger partial charge < -0.3 is 14.8 Å². The molecule has 0 bridgehead atoms. The van der Waals surface area contributed by atoms with Crippen molar-refractivity contribution in [2.45, 2.75) is 38.6 Å². The maximum atomic E-state index is 12.7. The second-order valence-electron chi connectivity index (χ2n) is 7.83. The van der Waals surface area contributed by atoms with Gasteiger partial charge in [0.25, 0.3) is 0 Å². The largest absolute Gasteiger partial charge is 0.454 e. The van der Waals surface area contributed by atoms with Crippen LogP contribution in [0.1, 0.15) is 42.5 Å². The van der Waals surface area contributed by atoms with Crippen LogP contribution < -0.4 is 19.1 Å². The highest BCUT2D eigenvalue weighted by Gasteiger charge is 2.24. The lowest BCUT2D eigenvalue weighted by Gasteiger charge is -2.24. The van der Waals surface area contributed by atoms with E-state index < -0.39 is 10.0 Å². The Morgan fingerprint density at radius 3 is 2.57 bits per heavy atom. The van der Waals surface area contributed by atoms with Gasteiger partial charge >= 0.3 is 0 Å². The predicted octanol–water partition coefficient (Wildman–Crippen LogP) is 2.94. The summed E-state index contributed by atoms with van der Waals surface area (Å²) < 4.78 is 36.4. The van der Waals surface area contributed by atoms with E-state index in [4.69, 9.17) is 9.47 Å². The Labute approximate surface area is 177 Å². The number of rotatable bonds is 6. The molecular weight excluding hydrogens is 404 g/mol. The van der Waals surface area contributed by atoms with Gasteiger partial charge in [0.1, 0.15) is 6.54 Å². The van der Waals surface area contributed by atoms with Crippen LogP contribution in [0.15, 0.2) is 36.4 Å². The molecule has 0 saturated carbocycles. The van der Waals surface area contributed by atoms with Gasteiger partial charge in [0, 0.05) is 6.07 Å². The van der Waals surface area contributed by atoms with E-state index >= 15 is 0 Å². The molecule has 2 aliphatic rings. The minimum absolute atomic E-state index is 0.0937. The number of benzene rings is 2. The number of nitrogens with one attached hydrogen (secondary N) is 1. The van der Waals surface area contributed by atoms with Crippen LogP contribution in [0, 0.1) is 0 Å². The fourth-order valence-electron chi connectivity index (χ4n) is 3.96. The number of carbonyl (C=O) groups excluding carboxylic acids is 1.